The molecular formula is C18H30O3. The maximum Gasteiger partial charge on any atom is 0.302 e. The van der Waals surface area contributed by atoms with Gasteiger partial charge in [-0.05, 0) is 25.2 Å². The number of allylic oxidation sites excluding steroid dienone is 1. The van der Waals surface area contributed by atoms with Gasteiger partial charge in [0.1, 0.15) is 0 Å². The lowest BCUT2D eigenvalue weighted by molar-refractivity contribution is -0.180. The van der Waals surface area contributed by atoms with Crippen molar-refractivity contribution < 1.29 is 14.3 Å². The first kappa shape index (κ1) is 16.5. The fraction of sp³-hybridized carbons (Fsp3) is 0.833. The Balaban J connectivity index is 2.23. The van der Waals surface area contributed by atoms with Crippen LogP contribution in [0.25, 0.3) is 0 Å². The molecule has 0 N–H and O–H groups in total. The second kappa shape index (κ2) is 6.51. The van der Waals surface area contributed by atoms with E-state index in [1.807, 2.05) is 0 Å². The highest BCUT2D eigenvalue weighted by molar-refractivity contribution is 5.65. The summed E-state index contributed by atoms with van der Waals surface area (Å²) in [6.07, 6.45) is 6.27. The van der Waals surface area contributed by atoms with Crippen molar-refractivity contribution in [3.05, 3.63) is 11.6 Å². The van der Waals surface area contributed by atoms with E-state index in [9.17, 15) is 4.79 Å². The van der Waals surface area contributed by atoms with Gasteiger partial charge in [0.25, 0.3) is 0 Å². The Morgan fingerprint density at radius 2 is 2.19 bits per heavy atom. The molecule has 0 aromatic rings. The lowest BCUT2D eigenvalue weighted by atomic mass is 9.56. The van der Waals surface area contributed by atoms with Gasteiger partial charge in [-0.25, -0.2) is 0 Å². The zero-order chi connectivity index (χ0) is 15.6. The molecule has 3 heteroatoms. The van der Waals surface area contributed by atoms with Crippen molar-refractivity contribution in [1.82, 2.24) is 0 Å². The van der Waals surface area contributed by atoms with Crippen LogP contribution in [0.15, 0.2) is 11.6 Å². The van der Waals surface area contributed by atoms with E-state index in [-0.39, 0.29) is 11.4 Å². The summed E-state index contributed by atoms with van der Waals surface area (Å²) in [7, 11) is 0. The smallest absolute Gasteiger partial charge is 0.302 e. The number of fused-ring (bicyclic) bond motifs is 2. The molecule has 5 atom stereocenters. The first-order valence-corrected chi connectivity index (χ1v) is 8.35. The van der Waals surface area contributed by atoms with Gasteiger partial charge < -0.3 is 9.47 Å². The summed E-state index contributed by atoms with van der Waals surface area (Å²) in [5.74, 6) is 1.15. The lowest BCUT2D eigenvalue weighted by Crippen LogP contribution is -2.56. The molecule has 0 aromatic carbocycles. The molecule has 1 fully saturated rings. The number of rotatable bonds is 5. The molecule has 3 nitrogen and oxygen atoms in total. The molecule has 0 spiro atoms. The summed E-state index contributed by atoms with van der Waals surface area (Å²) in [6.45, 7) is 11.7. The molecule has 21 heavy (non-hydrogen) atoms. The molecule has 0 amide bonds. The molecule has 0 aromatic heterocycles. The van der Waals surface area contributed by atoms with Crippen LogP contribution in [0.2, 0.25) is 0 Å². The summed E-state index contributed by atoms with van der Waals surface area (Å²) in [5, 5.41) is 0. The van der Waals surface area contributed by atoms with Crippen molar-refractivity contribution in [3.63, 3.8) is 0 Å². The van der Waals surface area contributed by atoms with Crippen LogP contribution in [-0.2, 0) is 14.3 Å². The van der Waals surface area contributed by atoms with Crippen molar-refractivity contribution in [2.45, 2.75) is 60.0 Å². The SMILES string of the molecule is CCCC[C@@H]1OC[C@]2(COC(C)=O)[C@@H](C)C=C(C)[C@H]1[C@@H]2C. The Kier molecular flexibility index (Phi) is 5.13. The van der Waals surface area contributed by atoms with E-state index in [2.05, 4.69) is 33.8 Å². The van der Waals surface area contributed by atoms with Crippen LogP contribution in [0.5, 0.6) is 0 Å². The summed E-state index contributed by atoms with van der Waals surface area (Å²) < 4.78 is 11.7. The van der Waals surface area contributed by atoms with Gasteiger partial charge in [0.05, 0.1) is 19.3 Å². The molecule has 1 aliphatic heterocycles. The van der Waals surface area contributed by atoms with Gasteiger partial charge in [0, 0.05) is 18.3 Å². The quantitative estimate of drug-likeness (QED) is 0.568. The second-order valence-corrected chi connectivity index (χ2v) is 7.02. The second-order valence-electron chi connectivity index (χ2n) is 7.02. The summed E-state index contributed by atoms with van der Waals surface area (Å²) in [5.41, 5.74) is 1.40. The third-order valence-electron chi connectivity index (χ3n) is 5.74. The highest BCUT2D eigenvalue weighted by Crippen LogP contribution is 2.53. The van der Waals surface area contributed by atoms with E-state index < -0.39 is 0 Å². The molecule has 0 radical (unpaired) electrons. The third-order valence-corrected chi connectivity index (χ3v) is 5.74. The zero-order valence-electron chi connectivity index (χ0n) is 14.1. The fourth-order valence-corrected chi connectivity index (χ4v) is 4.29. The van der Waals surface area contributed by atoms with Gasteiger partial charge >= 0.3 is 5.97 Å². The van der Waals surface area contributed by atoms with Gasteiger partial charge in [-0.1, -0.05) is 45.3 Å². The van der Waals surface area contributed by atoms with Crippen molar-refractivity contribution in [2.24, 2.45) is 23.2 Å². The zero-order valence-corrected chi connectivity index (χ0v) is 14.1. The Morgan fingerprint density at radius 1 is 1.48 bits per heavy atom. The largest absolute Gasteiger partial charge is 0.465 e. The van der Waals surface area contributed by atoms with Gasteiger partial charge in [-0.2, -0.15) is 0 Å². The van der Waals surface area contributed by atoms with Crippen molar-refractivity contribution in [2.75, 3.05) is 13.2 Å². The van der Waals surface area contributed by atoms with Crippen LogP contribution >= 0.6 is 0 Å². The first-order chi connectivity index (χ1) is 9.92. The highest BCUT2D eigenvalue weighted by atomic mass is 16.5. The predicted molar refractivity (Wildman–Crippen MR) is 83.9 cm³/mol. The molecule has 1 aliphatic carbocycles. The van der Waals surface area contributed by atoms with E-state index in [0.29, 0.717) is 37.1 Å². The number of hydrogen-bond acceptors (Lipinski definition) is 3. The van der Waals surface area contributed by atoms with E-state index in [4.69, 9.17) is 9.47 Å². The average Bonchev–Trinajstić information content (AvgIpc) is 2.42. The van der Waals surface area contributed by atoms with E-state index in [1.54, 1.807) is 0 Å². The Labute approximate surface area is 129 Å². The van der Waals surface area contributed by atoms with E-state index in [0.717, 1.165) is 6.42 Å². The van der Waals surface area contributed by atoms with E-state index in [1.165, 1.54) is 25.3 Å². The van der Waals surface area contributed by atoms with Crippen LogP contribution in [0.3, 0.4) is 0 Å². The molecule has 2 bridgehead atoms. The Morgan fingerprint density at radius 3 is 2.81 bits per heavy atom. The summed E-state index contributed by atoms with van der Waals surface area (Å²) >= 11 is 0. The molecule has 0 unspecified atom stereocenters. The highest BCUT2D eigenvalue weighted by Gasteiger charge is 2.53. The lowest BCUT2D eigenvalue weighted by Gasteiger charge is -2.55. The van der Waals surface area contributed by atoms with E-state index >= 15 is 0 Å². The molecular weight excluding hydrogens is 264 g/mol. The first-order valence-electron chi connectivity index (χ1n) is 8.35. The van der Waals surface area contributed by atoms with Gasteiger partial charge in [-0.3, -0.25) is 4.79 Å². The van der Waals surface area contributed by atoms with Crippen LogP contribution in [0, 0.1) is 23.2 Å². The number of carbonyl (C=O) groups is 1. The number of carbonyl (C=O) groups excluding carboxylic acids is 1. The maximum absolute atomic E-state index is 11.2. The van der Waals surface area contributed by atoms with Crippen molar-refractivity contribution in [3.8, 4) is 0 Å². The number of unbranched alkanes of at least 4 members (excludes halogenated alkanes) is 1. The third kappa shape index (κ3) is 3.03. The molecule has 1 heterocycles. The molecule has 120 valence electrons. The van der Waals surface area contributed by atoms with Crippen LogP contribution < -0.4 is 0 Å². The van der Waals surface area contributed by atoms with Crippen LogP contribution in [0.1, 0.15) is 53.9 Å². The van der Waals surface area contributed by atoms with Gasteiger partial charge in [-0.15, -0.1) is 0 Å². The summed E-state index contributed by atoms with van der Waals surface area (Å²) in [6, 6.07) is 0. The number of esters is 1. The van der Waals surface area contributed by atoms with Crippen LogP contribution in [0.4, 0.5) is 0 Å². The number of ether oxygens (including phenoxy) is 2. The van der Waals surface area contributed by atoms with Gasteiger partial charge in [0.2, 0.25) is 0 Å². The fourth-order valence-electron chi connectivity index (χ4n) is 4.29. The molecule has 1 saturated heterocycles. The molecule has 2 aliphatic rings. The minimum absolute atomic E-state index is 0.0570. The standard InChI is InChI=1S/C18H30O3/c1-6-7-8-16-17-12(2)9-13(3)18(11-21-16,14(17)4)10-20-15(5)19/h9,13-14,16-17H,6-8,10-11H2,1-5H3/t13-,14-,16-,17-,18+/m0/s1. The molecule has 2 rings (SSSR count). The predicted octanol–water partition coefficient (Wildman–Crippen LogP) is 3.97. The van der Waals surface area contributed by atoms with Crippen molar-refractivity contribution >= 4 is 5.97 Å². The Bertz CT molecular complexity index is 415. The van der Waals surface area contributed by atoms with Gasteiger partial charge in [0.15, 0.2) is 0 Å². The topological polar surface area (TPSA) is 35.5 Å². The van der Waals surface area contributed by atoms with Crippen molar-refractivity contribution in [1.29, 1.82) is 0 Å². The Hall–Kier alpha value is -0.830. The maximum atomic E-state index is 11.2. The molecule has 0 saturated carbocycles. The summed E-state index contributed by atoms with van der Waals surface area (Å²) in [4.78, 5) is 11.2. The number of hydrogen-bond donors (Lipinski definition) is 0. The minimum atomic E-state index is -0.195. The average molecular weight is 294 g/mol. The van der Waals surface area contributed by atoms with Crippen LogP contribution in [-0.4, -0.2) is 25.3 Å². The monoisotopic (exact) mass is 294 g/mol. The minimum Gasteiger partial charge on any atom is -0.465 e. The normalized spacial score (nSPS) is 38.8.